The zero-order valence-electron chi connectivity index (χ0n) is 18.8. The summed E-state index contributed by atoms with van der Waals surface area (Å²) >= 11 is 13.1. The molecule has 1 amide bonds. The van der Waals surface area contributed by atoms with Crippen molar-refractivity contribution in [2.24, 2.45) is 0 Å². The Kier molecular flexibility index (Phi) is 7.41. The Hall–Kier alpha value is -3.07. The molecule has 8 nitrogen and oxygen atoms in total. The number of fused-ring (bicyclic) bond motifs is 1. The number of rotatable bonds is 6. The molecule has 1 aliphatic rings. The highest BCUT2D eigenvalue weighted by Crippen LogP contribution is 2.46. The molecule has 4 rings (SSSR count). The van der Waals surface area contributed by atoms with Crippen molar-refractivity contribution < 1.29 is 19.0 Å². The number of carbonyl (C=O) groups is 1. The maximum Gasteiger partial charge on any atom is 0.246 e. The Labute approximate surface area is 207 Å². The molecule has 3 aromatic rings. The standard InChI is InChI=1S/C24H24Cl2N4O4/c1-4-20(31)30-7-8-34-13-16(12-30)28-24-27-11-15-9-14(5-6-17(15)29-24)21-22(25)18(32-2)10-19(33-3)23(21)26/h4-6,9-11,16H,1,7-8,12-13H2,2-3H3,(H,27,28,29). The summed E-state index contributed by atoms with van der Waals surface area (Å²) in [5.74, 6) is 1.24. The van der Waals surface area contributed by atoms with E-state index in [4.69, 9.17) is 37.4 Å². The Bertz CT molecular complexity index is 1210. The Morgan fingerprint density at radius 3 is 2.65 bits per heavy atom. The molecule has 0 aliphatic carbocycles. The van der Waals surface area contributed by atoms with E-state index in [0.29, 0.717) is 59.4 Å². The number of benzene rings is 2. The monoisotopic (exact) mass is 502 g/mol. The van der Waals surface area contributed by atoms with Gasteiger partial charge in [0.25, 0.3) is 0 Å². The van der Waals surface area contributed by atoms with Crippen LogP contribution in [0.15, 0.2) is 43.1 Å². The van der Waals surface area contributed by atoms with Crippen LogP contribution in [-0.2, 0) is 9.53 Å². The predicted molar refractivity (Wildman–Crippen MR) is 133 cm³/mol. The lowest BCUT2D eigenvalue weighted by atomic mass is 10.0. The van der Waals surface area contributed by atoms with Crippen molar-refractivity contribution in [2.45, 2.75) is 6.04 Å². The third-order valence-electron chi connectivity index (χ3n) is 5.53. The van der Waals surface area contributed by atoms with Crippen LogP contribution in [0.3, 0.4) is 0 Å². The van der Waals surface area contributed by atoms with Crippen LogP contribution >= 0.6 is 23.2 Å². The molecule has 1 unspecified atom stereocenters. The number of aromatic nitrogens is 2. The number of carbonyl (C=O) groups excluding carboxylic acids is 1. The van der Waals surface area contributed by atoms with E-state index in [9.17, 15) is 4.79 Å². The summed E-state index contributed by atoms with van der Waals surface area (Å²) in [5.41, 5.74) is 2.11. The van der Waals surface area contributed by atoms with Crippen molar-refractivity contribution in [1.82, 2.24) is 14.9 Å². The fraction of sp³-hybridized carbons (Fsp3) is 0.292. The van der Waals surface area contributed by atoms with E-state index in [2.05, 4.69) is 21.9 Å². The predicted octanol–water partition coefficient (Wildman–Crippen LogP) is 4.45. The van der Waals surface area contributed by atoms with Crippen LogP contribution in [-0.4, -0.2) is 67.3 Å². The van der Waals surface area contributed by atoms with Crippen LogP contribution in [0.1, 0.15) is 0 Å². The molecule has 0 bridgehead atoms. The van der Waals surface area contributed by atoms with Gasteiger partial charge < -0.3 is 24.4 Å². The molecular formula is C24H24Cl2N4O4. The molecule has 1 atom stereocenters. The first-order chi connectivity index (χ1) is 16.4. The highest BCUT2D eigenvalue weighted by atomic mass is 35.5. The molecule has 34 heavy (non-hydrogen) atoms. The minimum absolute atomic E-state index is 0.129. The average molecular weight is 503 g/mol. The number of nitrogens with one attached hydrogen (secondary N) is 1. The summed E-state index contributed by atoms with van der Waals surface area (Å²) in [6.45, 7) is 5.46. The molecule has 2 aromatic carbocycles. The first kappa shape index (κ1) is 24.1. The van der Waals surface area contributed by atoms with Crippen LogP contribution in [0.25, 0.3) is 22.0 Å². The minimum Gasteiger partial charge on any atom is -0.495 e. The van der Waals surface area contributed by atoms with Gasteiger partial charge in [0.1, 0.15) is 11.5 Å². The van der Waals surface area contributed by atoms with Crippen LogP contribution in [0.5, 0.6) is 11.5 Å². The number of nitrogens with zero attached hydrogens (tertiary/aromatic N) is 3. The van der Waals surface area contributed by atoms with Crippen LogP contribution in [0, 0.1) is 0 Å². The zero-order chi connectivity index (χ0) is 24.2. The van der Waals surface area contributed by atoms with Gasteiger partial charge in [0.05, 0.1) is 49.0 Å². The number of amides is 1. The molecule has 10 heteroatoms. The largest absolute Gasteiger partial charge is 0.495 e. The Balaban J connectivity index is 1.62. The van der Waals surface area contributed by atoms with Gasteiger partial charge in [0.2, 0.25) is 11.9 Å². The smallest absolute Gasteiger partial charge is 0.246 e. The van der Waals surface area contributed by atoms with Crippen LogP contribution in [0.2, 0.25) is 10.0 Å². The zero-order valence-corrected chi connectivity index (χ0v) is 20.3. The van der Waals surface area contributed by atoms with Gasteiger partial charge >= 0.3 is 0 Å². The third-order valence-corrected chi connectivity index (χ3v) is 6.28. The van der Waals surface area contributed by atoms with Gasteiger partial charge in [-0.05, 0) is 23.8 Å². The molecule has 2 heterocycles. The lowest BCUT2D eigenvalue weighted by Gasteiger charge is -2.23. The summed E-state index contributed by atoms with van der Waals surface area (Å²) < 4.78 is 16.4. The number of hydrogen-bond donors (Lipinski definition) is 1. The van der Waals surface area contributed by atoms with Gasteiger partial charge in [-0.3, -0.25) is 4.79 Å². The van der Waals surface area contributed by atoms with Gasteiger partial charge in [-0.25, -0.2) is 9.97 Å². The molecule has 178 valence electrons. The molecule has 1 fully saturated rings. The molecule has 0 radical (unpaired) electrons. The van der Waals surface area contributed by atoms with Gasteiger partial charge in [0.15, 0.2) is 0 Å². The average Bonchev–Trinajstić information content (AvgIpc) is 3.09. The lowest BCUT2D eigenvalue weighted by Crippen LogP contribution is -2.40. The van der Waals surface area contributed by atoms with Crippen molar-refractivity contribution in [1.29, 1.82) is 0 Å². The van der Waals surface area contributed by atoms with Gasteiger partial charge in [-0.15, -0.1) is 0 Å². The van der Waals surface area contributed by atoms with E-state index >= 15 is 0 Å². The Morgan fingerprint density at radius 2 is 1.97 bits per heavy atom. The highest BCUT2D eigenvalue weighted by Gasteiger charge is 2.22. The number of anilines is 1. The van der Waals surface area contributed by atoms with Gasteiger partial charge in [0, 0.05) is 36.3 Å². The molecule has 1 saturated heterocycles. The molecule has 1 N–H and O–H groups in total. The number of ether oxygens (including phenoxy) is 3. The quantitative estimate of drug-likeness (QED) is 0.498. The highest BCUT2D eigenvalue weighted by molar-refractivity contribution is 6.41. The summed E-state index contributed by atoms with van der Waals surface area (Å²) in [5, 5.41) is 4.84. The third kappa shape index (κ3) is 4.89. The van der Waals surface area contributed by atoms with Gasteiger partial charge in [-0.2, -0.15) is 0 Å². The van der Waals surface area contributed by atoms with E-state index in [0.717, 1.165) is 16.5 Å². The van der Waals surface area contributed by atoms with Crippen molar-refractivity contribution in [2.75, 3.05) is 45.8 Å². The minimum atomic E-state index is -0.148. The Morgan fingerprint density at radius 1 is 1.24 bits per heavy atom. The van der Waals surface area contributed by atoms with E-state index in [-0.39, 0.29) is 11.9 Å². The fourth-order valence-electron chi connectivity index (χ4n) is 3.81. The van der Waals surface area contributed by atoms with E-state index in [1.165, 1.54) is 20.3 Å². The normalized spacial score (nSPS) is 16.1. The molecule has 1 aliphatic heterocycles. The lowest BCUT2D eigenvalue weighted by molar-refractivity contribution is -0.126. The first-order valence-corrected chi connectivity index (χ1v) is 11.3. The summed E-state index contributed by atoms with van der Waals surface area (Å²) in [6, 6.07) is 7.16. The van der Waals surface area contributed by atoms with Crippen molar-refractivity contribution in [3.8, 4) is 22.6 Å². The van der Waals surface area contributed by atoms with Crippen molar-refractivity contribution in [3.63, 3.8) is 0 Å². The maximum atomic E-state index is 12.0. The van der Waals surface area contributed by atoms with Crippen molar-refractivity contribution >= 4 is 46.0 Å². The topological polar surface area (TPSA) is 85.8 Å². The van der Waals surface area contributed by atoms with E-state index in [1.54, 1.807) is 17.2 Å². The van der Waals surface area contributed by atoms with E-state index < -0.39 is 0 Å². The molecule has 0 spiro atoms. The molecule has 0 saturated carbocycles. The maximum absolute atomic E-state index is 12.0. The van der Waals surface area contributed by atoms with Crippen LogP contribution in [0.4, 0.5) is 5.95 Å². The van der Waals surface area contributed by atoms with Crippen molar-refractivity contribution in [3.05, 3.63) is 53.2 Å². The number of hydrogen-bond acceptors (Lipinski definition) is 7. The SMILES string of the molecule is C=CC(=O)N1CCOCC(Nc2ncc3cc(-c4c(Cl)c(OC)cc(OC)c4Cl)ccc3n2)C1. The second-order valence-electron chi connectivity index (χ2n) is 7.66. The van der Waals surface area contributed by atoms with Gasteiger partial charge in [-0.1, -0.05) is 35.8 Å². The summed E-state index contributed by atoms with van der Waals surface area (Å²) in [4.78, 5) is 22.8. The first-order valence-electron chi connectivity index (χ1n) is 10.6. The second kappa shape index (κ2) is 10.5. The number of methoxy groups -OCH3 is 2. The summed E-state index contributed by atoms with van der Waals surface area (Å²) in [6.07, 6.45) is 3.03. The second-order valence-corrected chi connectivity index (χ2v) is 8.41. The fourth-order valence-corrected chi connectivity index (χ4v) is 4.53. The van der Waals surface area contributed by atoms with Crippen LogP contribution < -0.4 is 14.8 Å². The number of halogens is 2. The van der Waals surface area contributed by atoms with E-state index in [1.807, 2.05) is 18.2 Å². The molecule has 1 aromatic heterocycles. The molecular weight excluding hydrogens is 479 g/mol. The summed E-state index contributed by atoms with van der Waals surface area (Å²) in [7, 11) is 3.07.